The van der Waals surface area contributed by atoms with Crippen molar-refractivity contribution >= 4 is 50.6 Å². The molecule has 0 amide bonds. The number of fused-ring (bicyclic) bond motifs is 3. The molecule has 0 bridgehead atoms. The number of anilines is 2. The molecule has 1 saturated heterocycles. The topological polar surface area (TPSA) is 76.9 Å². The number of rotatable bonds is 5. The van der Waals surface area contributed by atoms with Gasteiger partial charge in [-0.25, -0.2) is 18.7 Å². The van der Waals surface area contributed by atoms with Crippen molar-refractivity contribution in [2.75, 3.05) is 18.4 Å². The monoisotopic (exact) mass is 584 g/mol. The number of amidine groups is 1. The van der Waals surface area contributed by atoms with Crippen molar-refractivity contribution < 1.29 is 8.78 Å². The predicted molar refractivity (Wildman–Crippen MR) is 167 cm³/mol. The van der Waals surface area contributed by atoms with Crippen molar-refractivity contribution in [2.45, 2.75) is 39.3 Å². The number of piperazine rings is 1. The van der Waals surface area contributed by atoms with E-state index in [0.717, 1.165) is 47.1 Å². The summed E-state index contributed by atoms with van der Waals surface area (Å²) in [6, 6.07) is 17.5. The zero-order valence-corrected chi connectivity index (χ0v) is 24.4. The zero-order valence-electron chi connectivity index (χ0n) is 23.6. The van der Waals surface area contributed by atoms with Crippen LogP contribution in [0.15, 0.2) is 66.9 Å². The first-order valence-corrected chi connectivity index (χ1v) is 14.4. The highest BCUT2D eigenvalue weighted by Gasteiger charge is 2.25. The lowest BCUT2D eigenvalue weighted by molar-refractivity contribution is 0.240. The van der Waals surface area contributed by atoms with Crippen molar-refractivity contribution in [3.63, 3.8) is 0 Å². The second-order valence-electron chi connectivity index (χ2n) is 10.9. The SMILES string of the molecule is CCC1CN(C(=N)c2cccc(Nc3ncc4nc(-c5c(F)cccc5F)c5cc(Cl)ccc5c4c3C)c2)CC(C)N1. The average molecular weight is 585 g/mol. The summed E-state index contributed by atoms with van der Waals surface area (Å²) in [5, 5.41) is 18.5. The van der Waals surface area contributed by atoms with Gasteiger partial charge >= 0.3 is 0 Å². The number of pyridine rings is 2. The van der Waals surface area contributed by atoms with Gasteiger partial charge in [0.2, 0.25) is 0 Å². The molecule has 1 aliphatic rings. The molecule has 0 spiro atoms. The van der Waals surface area contributed by atoms with Gasteiger partial charge in [-0.05, 0) is 62.1 Å². The molecule has 6 nitrogen and oxygen atoms in total. The molecule has 42 heavy (non-hydrogen) atoms. The van der Waals surface area contributed by atoms with Crippen LogP contribution in [0.1, 0.15) is 31.4 Å². The van der Waals surface area contributed by atoms with Gasteiger partial charge in [0.15, 0.2) is 0 Å². The zero-order chi connectivity index (χ0) is 29.5. The number of halogens is 3. The van der Waals surface area contributed by atoms with Crippen LogP contribution in [-0.2, 0) is 0 Å². The number of nitrogens with zero attached hydrogens (tertiary/aromatic N) is 3. The number of hydrogen-bond acceptors (Lipinski definition) is 5. The summed E-state index contributed by atoms with van der Waals surface area (Å²) >= 11 is 6.34. The van der Waals surface area contributed by atoms with Gasteiger partial charge in [0.25, 0.3) is 0 Å². The first-order valence-electron chi connectivity index (χ1n) is 14.0. The largest absolute Gasteiger partial charge is 0.353 e. The van der Waals surface area contributed by atoms with E-state index >= 15 is 0 Å². The van der Waals surface area contributed by atoms with Gasteiger partial charge in [-0.15, -0.1) is 0 Å². The van der Waals surface area contributed by atoms with Gasteiger partial charge < -0.3 is 15.5 Å². The molecular weight excluding hydrogens is 554 g/mol. The maximum atomic E-state index is 14.9. The maximum Gasteiger partial charge on any atom is 0.135 e. The molecule has 0 saturated carbocycles. The molecule has 3 N–H and O–H groups in total. The Morgan fingerprint density at radius 2 is 1.83 bits per heavy atom. The molecule has 1 fully saturated rings. The Labute approximate surface area is 248 Å². The van der Waals surface area contributed by atoms with Crippen LogP contribution in [0.4, 0.5) is 20.3 Å². The van der Waals surface area contributed by atoms with E-state index in [0.29, 0.717) is 39.7 Å². The lowest BCUT2D eigenvalue weighted by Gasteiger charge is -2.38. The van der Waals surface area contributed by atoms with Crippen molar-refractivity contribution in [1.82, 2.24) is 20.2 Å². The number of benzene rings is 3. The third-order valence-corrected chi connectivity index (χ3v) is 8.14. The van der Waals surface area contributed by atoms with E-state index in [1.54, 1.807) is 18.3 Å². The lowest BCUT2D eigenvalue weighted by atomic mass is 9.98. The van der Waals surface area contributed by atoms with Crippen LogP contribution in [0.3, 0.4) is 0 Å². The lowest BCUT2D eigenvalue weighted by Crippen LogP contribution is -2.56. The summed E-state index contributed by atoms with van der Waals surface area (Å²) in [7, 11) is 0. The minimum Gasteiger partial charge on any atom is -0.353 e. The molecule has 2 atom stereocenters. The summed E-state index contributed by atoms with van der Waals surface area (Å²) in [6.07, 6.45) is 2.62. The number of aromatic nitrogens is 2. The van der Waals surface area contributed by atoms with Crippen LogP contribution in [-0.4, -0.2) is 45.9 Å². The molecule has 2 aromatic heterocycles. The Kier molecular flexibility index (Phi) is 7.51. The molecule has 0 radical (unpaired) electrons. The average Bonchev–Trinajstić information content (AvgIpc) is 2.98. The fourth-order valence-corrected chi connectivity index (χ4v) is 6.02. The van der Waals surface area contributed by atoms with Gasteiger partial charge in [-0.2, -0.15) is 0 Å². The smallest absolute Gasteiger partial charge is 0.135 e. The van der Waals surface area contributed by atoms with Gasteiger partial charge in [0.1, 0.15) is 23.3 Å². The van der Waals surface area contributed by atoms with Gasteiger partial charge in [-0.1, -0.05) is 42.8 Å². The van der Waals surface area contributed by atoms with Crippen molar-refractivity contribution in [3.05, 3.63) is 94.6 Å². The highest BCUT2D eigenvalue weighted by molar-refractivity contribution is 6.32. The van der Waals surface area contributed by atoms with Crippen LogP contribution >= 0.6 is 11.6 Å². The van der Waals surface area contributed by atoms with E-state index in [9.17, 15) is 8.78 Å². The highest BCUT2D eigenvalue weighted by atomic mass is 35.5. The van der Waals surface area contributed by atoms with Crippen LogP contribution in [0, 0.1) is 24.0 Å². The number of aryl methyl sites for hydroxylation is 1. The van der Waals surface area contributed by atoms with E-state index in [-0.39, 0.29) is 11.3 Å². The minimum atomic E-state index is -0.697. The maximum absolute atomic E-state index is 14.9. The molecule has 0 aliphatic carbocycles. The molecule has 6 rings (SSSR count). The fourth-order valence-electron chi connectivity index (χ4n) is 5.85. The normalized spacial score (nSPS) is 17.1. The molecule has 3 heterocycles. The Morgan fingerprint density at radius 1 is 1.07 bits per heavy atom. The van der Waals surface area contributed by atoms with E-state index in [1.807, 2.05) is 37.3 Å². The molecule has 5 aromatic rings. The second kappa shape index (κ2) is 11.3. The third-order valence-electron chi connectivity index (χ3n) is 7.90. The van der Waals surface area contributed by atoms with E-state index in [2.05, 4.69) is 39.3 Å². The van der Waals surface area contributed by atoms with Gasteiger partial charge in [-0.3, -0.25) is 5.41 Å². The quantitative estimate of drug-likeness (QED) is 0.111. The van der Waals surface area contributed by atoms with Crippen molar-refractivity contribution in [2.24, 2.45) is 0 Å². The van der Waals surface area contributed by atoms with Gasteiger partial charge in [0.05, 0.1) is 23.0 Å². The highest BCUT2D eigenvalue weighted by Crippen LogP contribution is 2.38. The summed E-state index contributed by atoms with van der Waals surface area (Å²) in [5.41, 5.74) is 2.94. The van der Waals surface area contributed by atoms with Crippen LogP contribution in [0.2, 0.25) is 5.02 Å². The Bertz CT molecular complexity index is 1820. The van der Waals surface area contributed by atoms with E-state index in [1.165, 1.54) is 18.2 Å². The number of nitrogens with one attached hydrogen (secondary N) is 3. The Morgan fingerprint density at radius 3 is 2.60 bits per heavy atom. The third kappa shape index (κ3) is 5.16. The predicted octanol–water partition coefficient (Wildman–Crippen LogP) is 7.83. The molecule has 3 aromatic carbocycles. The second-order valence-corrected chi connectivity index (χ2v) is 11.3. The van der Waals surface area contributed by atoms with Crippen LogP contribution < -0.4 is 10.6 Å². The van der Waals surface area contributed by atoms with Crippen LogP contribution in [0.5, 0.6) is 0 Å². The molecule has 2 unspecified atom stereocenters. The standard InChI is InChI=1S/C33H31ClF2N6/c1-4-22-17-42(16-18(2)39-22)32(37)20-7-5-8-23(13-20)40-33-19(3)29-24-12-11-21(34)14-25(24)31(41-28(29)15-38-33)30-26(35)9-6-10-27(30)36/h5-15,18,22,37,39H,4,16-17H2,1-3H3,(H,38,40). The first kappa shape index (κ1) is 28.0. The summed E-state index contributed by atoms with van der Waals surface area (Å²) in [6.45, 7) is 7.83. The summed E-state index contributed by atoms with van der Waals surface area (Å²) in [4.78, 5) is 11.5. The first-order chi connectivity index (χ1) is 20.2. The molecule has 9 heteroatoms. The Hall–Kier alpha value is -4.14. The van der Waals surface area contributed by atoms with Crippen molar-refractivity contribution in [3.8, 4) is 11.3 Å². The van der Waals surface area contributed by atoms with Crippen molar-refractivity contribution in [1.29, 1.82) is 5.41 Å². The molecular formula is C33H31ClF2N6. The fraction of sp³-hybridized carbons (Fsp3) is 0.242. The minimum absolute atomic E-state index is 0.177. The summed E-state index contributed by atoms with van der Waals surface area (Å²) in [5.74, 6) is -0.279. The molecule has 1 aliphatic heterocycles. The summed E-state index contributed by atoms with van der Waals surface area (Å²) < 4.78 is 29.7. The Balaban J connectivity index is 1.39. The number of hydrogen-bond donors (Lipinski definition) is 3. The van der Waals surface area contributed by atoms with E-state index < -0.39 is 11.6 Å². The van der Waals surface area contributed by atoms with E-state index in [4.69, 9.17) is 17.0 Å². The van der Waals surface area contributed by atoms with Gasteiger partial charge in [0, 0.05) is 57.8 Å². The van der Waals surface area contributed by atoms with Crippen LogP contribution in [0.25, 0.3) is 32.9 Å². The molecule has 214 valence electrons.